The van der Waals surface area contributed by atoms with Crippen LogP contribution < -0.4 is 18.9 Å². The number of hydrogen-bond acceptors (Lipinski definition) is 6. The van der Waals surface area contributed by atoms with Gasteiger partial charge in [-0.25, -0.2) is 12.8 Å². The van der Waals surface area contributed by atoms with Crippen molar-refractivity contribution >= 4 is 21.6 Å². The maximum Gasteiger partial charge on any atom is 0.261 e. The number of carbonyl (C=O) groups excluding carboxylic acids is 1. The summed E-state index contributed by atoms with van der Waals surface area (Å²) in [5, 5.41) is 0. The summed E-state index contributed by atoms with van der Waals surface area (Å²) in [6, 6.07) is 14.0. The number of anilines is 1. The van der Waals surface area contributed by atoms with Gasteiger partial charge < -0.3 is 19.1 Å². The quantitative estimate of drug-likeness (QED) is 0.491. The van der Waals surface area contributed by atoms with E-state index in [1.807, 2.05) is 0 Å². The predicted molar refractivity (Wildman–Crippen MR) is 126 cm³/mol. The Labute approximate surface area is 197 Å². The molecule has 0 aromatic heterocycles. The van der Waals surface area contributed by atoms with Gasteiger partial charge in [-0.15, -0.1) is 0 Å². The summed E-state index contributed by atoms with van der Waals surface area (Å²) < 4.78 is 56.5. The molecule has 0 radical (unpaired) electrons. The maximum absolute atomic E-state index is 13.1. The number of halogens is 1. The number of carbonyl (C=O) groups is 1. The van der Waals surface area contributed by atoms with E-state index >= 15 is 0 Å². The van der Waals surface area contributed by atoms with Crippen molar-refractivity contribution < 1.29 is 31.8 Å². The van der Waals surface area contributed by atoms with Gasteiger partial charge in [0.25, 0.3) is 15.9 Å². The highest BCUT2D eigenvalue weighted by atomic mass is 32.2. The van der Waals surface area contributed by atoms with Crippen molar-refractivity contribution in [1.29, 1.82) is 0 Å². The summed E-state index contributed by atoms with van der Waals surface area (Å²) >= 11 is 0. The summed E-state index contributed by atoms with van der Waals surface area (Å²) in [6.45, 7) is 0.237. The minimum atomic E-state index is -3.89. The van der Waals surface area contributed by atoms with Crippen molar-refractivity contribution in [3.8, 4) is 17.2 Å². The van der Waals surface area contributed by atoms with E-state index in [4.69, 9.17) is 14.2 Å². The van der Waals surface area contributed by atoms with Gasteiger partial charge in [0, 0.05) is 30.4 Å². The average Bonchev–Trinajstić information content (AvgIpc) is 2.83. The van der Waals surface area contributed by atoms with Crippen molar-refractivity contribution in [3.05, 3.63) is 77.6 Å². The summed E-state index contributed by atoms with van der Waals surface area (Å²) in [6.07, 6.45) is 0. The van der Waals surface area contributed by atoms with Crippen LogP contribution in [0.25, 0.3) is 0 Å². The molecule has 3 rings (SSSR count). The standard InChI is InChI=1S/C24H25FN2O6S/c1-27(15-17-7-14-21(31-2)23(33-4)22(17)32-3)24(28)16-5-10-19(11-6-16)26-34(29,30)20-12-8-18(25)9-13-20/h5-14,26H,15H2,1-4H3. The minimum absolute atomic E-state index is 0.0716. The van der Waals surface area contributed by atoms with Crippen molar-refractivity contribution in [2.75, 3.05) is 33.1 Å². The molecule has 1 N–H and O–H groups in total. The number of sulfonamides is 1. The first-order valence-corrected chi connectivity index (χ1v) is 11.6. The second-order valence-corrected chi connectivity index (χ2v) is 8.97. The van der Waals surface area contributed by atoms with E-state index in [-0.39, 0.29) is 23.0 Å². The molecular weight excluding hydrogens is 463 g/mol. The first-order valence-electron chi connectivity index (χ1n) is 10.1. The van der Waals surface area contributed by atoms with Crippen LogP contribution in [-0.2, 0) is 16.6 Å². The Hall–Kier alpha value is -3.79. The zero-order chi connectivity index (χ0) is 24.9. The number of nitrogens with one attached hydrogen (secondary N) is 1. The largest absolute Gasteiger partial charge is 0.493 e. The summed E-state index contributed by atoms with van der Waals surface area (Å²) in [4.78, 5) is 14.4. The molecular formula is C24H25FN2O6S. The van der Waals surface area contributed by atoms with Gasteiger partial charge in [-0.2, -0.15) is 0 Å². The van der Waals surface area contributed by atoms with E-state index in [0.29, 0.717) is 22.8 Å². The lowest BCUT2D eigenvalue weighted by atomic mass is 10.1. The van der Waals surface area contributed by atoms with Crippen molar-refractivity contribution in [2.24, 2.45) is 0 Å². The average molecular weight is 489 g/mol. The Bertz CT molecular complexity index is 1260. The number of hydrogen-bond donors (Lipinski definition) is 1. The molecule has 1 amide bonds. The van der Waals surface area contributed by atoms with Crippen molar-refractivity contribution in [3.63, 3.8) is 0 Å². The van der Waals surface area contributed by atoms with E-state index < -0.39 is 15.8 Å². The van der Waals surface area contributed by atoms with E-state index in [2.05, 4.69) is 4.72 Å². The van der Waals surface area contributed by atoms with E-state index in [0.717, 1.165) is 17.7 Å². The molecule has 8 nitrogen and oxygen atoms in total. The fourth-order valence-corrected chi connectivity index (χ4v) is 4.40. The molecule has 0 atom stereocenters. The van der Waals surface area contributed by atoms with Crippen LogP contribution in [-0.4, -0.2) is 47.6 Å². The lowest BCUT2D eigenvalue weighted by Crippen LogP contribution is -2.26. The summed E-state index contributed by atoms with van der Waals surface area (Å²) in [5.74, 6) is 0.602. The Morgan fingerprint density at radius 1 is 0.882 bits per heavy atom. The van der Waals surface area contributed by atoms with Crippen molar-refractivity contribution in [1.82, 2.24) is 4.90 Å². The molecule has 180 valence electrons. The van der Waals surface area contributed by atoms with Gasteiger partial charge in [-0.3, -0.25) is 9.52 Å². The molecule has 0 bridgehead atoms. The highest BCUT2D eigenvalue weighted by molar-refractivity contribution is 7.92. The van der Waals surface area contributed by atoms with Gasteiger partial charge in [-0.05, 0) is 60.7 Å². The van der Waals surface area contributed by atoms with Gasteiger partial charge >= 0.3 is 0 Å². The summed E-state index contributed by atoms with van der Waals surface area (Å²) in [7, 11) is 2.29. The van der Waals surface area contributed by atoms with Crippen LogP contribution in [0.5, 0.6) is 17.2 Å². The molecule has 0 aliphatic heterocycles. The maximum atomic E-state index is 13.1. The smallest absolute Gasteiger partial charge is 0.261 e. The molecule has 0 fully saturated rings. The number of rotatable bonds is 9. The molecule has 34 heavy (non-hydrogen) atoms. The number of methoxy groups -OCH3 is 3. The first kappa shape index (κ1) is 24.8. The number of nitrogens with zero attached hydrogens (tertiary/aromatic N) is 1. The van der Waals surface area contributed by atoms with E-state index in [1.165, 1.54) is 62.6 Å². The molecule has 0 saturated heterocycles. The first-order chi connectivity index (χ1) is 16.2. The highest BCUT2D eigenvalue weighted by Gasteiger charge is 2.20. The molecule has 0 heterocycles. The van der Waals surface area contributed by atoms with Gasteiger partial charge in [0.1, 0.15) is 5.82 Å². The molecule has 0 spiro atoms. The van der Waals surface area contributed by atoms with Crippen molar-refractivity contribution in [2.45, 2.75) is 11.4 Å². The molecule has 10 heteroatoms. The third kappa shape index (κ3) is 5.40. The number of amides is 1. The van der Waals surface area contributed by atoms with Gasteiger partial charge in [0.2, 0.25) is 5.75 Å². The molecule has 3 aromatic rings. The van der Waals surface area contributed by atoms with E-state index in [1.54, 1.807) is 19.2 Å². The third-order valence-electron chi connectivity index (χ3n) is 5.05. The highest BCUT2D eigenvalue weighted by Crippen LogP contribution is 2.40. The number of benzene rings is 3. The molecule has 0 aliphatic carbocycles. The second kappa shape index (κ2) is 10.4. The monoisotopic (exact) mass is 488 g/mol. The van der Waals surface area contributed by atoms with Crippen LogP contribution >= 0.6 is 0 Å². The summed E-state index contributed by atoms with van der Waals surface area (Å²) in [5.41, 5.74) is 1.36. The topological polar surface area (TPSA) is 94.2 Å². The van der Waals surface area contributed by atoms with Gasteiger partial charge in [0.05, 0.1) is 26.2 Å². The zero-order valence-electron chi connectivity index (χ0n) is 19.2. The molecule has 0 unspecified atom stereocenters. The number of ether oxygens (including phenoxy) is 3. The molecule has 0 saturated carbocycles. The van der Waals surface area contributed by atoms with Gasteiger partial charge in [-0.1, -0.05) is 0 Å². The molecule has 0 aliphatic rings. The van der Waals surface area contributed by atoms with Crippen LogP contribution in [0.2, 0.25) is 0 Å². The molecule has 3 aromatic carbocycles. The predicted octanol–water partition coefficient (Wildman–Crippen LogP) is 3.92. The van der Waals surface area contributed by atoms with Crippen LogP contribution in [0.15, 0.2) is 65.6 Å². The second-order valence-electron chi connectivity index (χ2n) is 7.29. The Morgan fingerprint density at radius 3 is 2.06 bits per heavy atom. The SMILES string of the molecule is COc1ccc(CN(C)C(=O)c2ccc(NS(=O)(=O)c3ccc(F)cc3)cc2)c(OC)c1OC. The zero-order valence-corrected chi connectivity index (χ0v) is 20.0. The van der Waals surface area contributed by atoms with Crippen LogP contribution in [0.1, 0.15) is 15.9 Å². The Kier molecular flexibility index (Phi) is 7.62. The fourth-order valence-electron chi connectivity index (χ4n) is 3.34. The lowest BCUT2D eigenvalue weighted by molar-refractivity contribution is 0.0784. The van der Waals surface area contributed by atoms with Crippen LogP contribution in [0, 0.1) is 5.82 Å². The normalized spacial score (nSPS) is 11.0. The Balaban J connectivity index is 1.74. The minimum Gasteiger partial charge on any atom is -0.493 e. The third-order valence-corrected chi connectivity index (χ3v) is 6.45. The van der Waals surface area contributed by atoms with Gasteiger partial charge in [0.15, 0.2) is 11.5 Å². The fraction of sp³-hybridized carbons (Fsp3) is 0.208. The van der Waals surface area contributed by atoms with E-state index in [9.17, 15) is 17.6 Å². The van der Waals surface area contributed by atoms with Crippen LogP contribution in [0.4, 0.5) is 10.1 Å². The Morgan fingerprint density at radius 2 is 1.50 bits per heavy atom. The lowest BCUT2D eigenvalue weighted by Gasteiger charge is -2.21. The van der Waals surface area contributed by atoms with Crippen LogP contribution in [0.3, 0.4) is 0 Å².